The summed E-state index contributed by atoms with van der Waals surface area (Å²) in [6.07, 6.45) is 1.43. The van der Waals surface area contributed by atoms with Crippen LogP contribution in [-0.4, -0.2) is 40.2 Å². The van der Waals surface area contributed by atoms with E-state index >= 15 is 0 Å². The Bertz CT molecular complexity index is 1220. The number of para-hydroxylation sites is 1. The lowest BCUT2D eigenvalue weighted by Crippen LogP contribution is -2.41. The van der Waals surface area contributed by atoms with Crippen LogP contribution in [0.15, 0.2) is 45.7 Å². The van der Waals surface area contributed by atoms with Crippen LogP contribution in [0.1, 0.15) is 45.0 Å². The minimum atomic E-state index is -3.63. The Hall–Kier alpha value is -2.52. The van der Waals surface area contributed by atoms with Gasteiger partial charge in [0.1, 0.15) is 11.4 Å². The van der Waals surface area contributed by atoms with Crippen molar-refractivity contribution in [1.82, 2.24) is 19.2 Å². The van der Waals surface area contributed by atoms with Gasteiger partial charge in [-0.15, -0.1) is 0 Å². The molecule has 2 aromatic heterocycles. The van der Waals surface area contributed by atoms with E-state index in [2.05, 4.69) is 10.3 Å². The van der Waals surface area contributed by atoms with E-state index in [4.69, 9.17) is 4.52 Å². The first kappa shape index (κ1) is 20.7. The molecule has 8 nitrogen and oxygen atoms in total. The van der Waals surface area contributed by atoms with Crippen LogP contribution in [0.3, 0.4) is 0 Å². The van der Waals surface area contributed by atoms with E-state index in [0.717, 1.165) is 12.1 Å². The van der Waals surface area contributed by atoms with Gasteiger partial charge in [0.05, 0.1) is 12.2 Å². The molecule has 0 spiro atoms. The number of benzene rings is 1. The molecule has 30 heavy (non-hydrogen) atoms. The van der Waals surface area contributed by atoms with Crippen LogP contribution >= 0.6 is 0 Å². The maximum absolute atomic E-state index is 13.2. The standard InChI is InChI=1S/C21H26N4O4S/c1-21(2,3)19-10-11-20(26)24(22-19)13-15-7-6-12-25(15)30(27,28)14-17-16-8-4-5-9-18(16)29-23-17/h4-5,8-11,15H,6-7,12-14H2,1-3H3. The molecule has 0 bridgehead atoms. The lowest BCUT2D eigenvalue weighted by atomic mass is 9.92. The first-order chi connectivity index (χ1) is 14.1. The molecule has 3 aromatic rings. The molecule has 1 saturated heterocycles. The van der Waals surface area contributed by atoms with Crippen molar-refractivity contribution in [2.45, 2.75) is 57.4 Å². The molecule has 1 unspecified atom stereocenters. The van der Waals surface area contributed by atoms with Gasteiger partial charge in [-0.3, -0.25) is 4.79 Å². The first-order valence-corrected chi connectivity index (χ1v) is 11.7. The van der Waals surface area contributed by atoms with Crippen molar-refractivity contribution < 1.29 is 12.9 Å². The fourth-order valence-electron chi connectivity index (χ4n) is 3.84. The molecule has 1 atom stereocenters. The zero-order valence-corrected chi connectivity index (χ0v) is 18.2. The van der Waals surface area contributed by atoms with E-state index in [1.807, 2.05) is 32.9 Å². The molecular formula is C21H26N4O4S. The fraction of sp³-hybridized carbons (Fsp3) is 0.476. The van der Waals surface area contributed by atoms with Crippen LogP contribution in [0.25, 0.3) is 11.0 Å². The minimum Gasteiger partial charge on any atom is -0.356 e. The summed E-state index contributed by atoms with van der Waals surface area (Å²) in [6, 6.07) is 10.1. The topological polar surface area (TPSA) is 98.3 Å². The van der Waals surface area contributed by atoms with Gasteiger partial charge in [0.2, 0.25) is 10.0 Å². The summed E-state index contributed by atoms with van der Waals surface area (Å²) >= 11 is 0. The number of rotatable bonds is 5. The molecule has 1 fully saturated rings. The highest BCUT2D eigenvalue weighted by Gasteiger charge is 2.36. The van der Waals surface area contributed by atoms with Crippen LogP contribution in [0.5, 0.6) is 0 Å². The lowest BCUT2D eigenvalue weighted by molar-refractivity contribution is 0.330. The van der Waals surface area contributed by atoms with Crippen molar-refractivity contribution >= 4 is 21.0 Å². The SMILES string of the molecule is CC(C)(C)c1ccc(=O)n(CC2CCCN2S(=O)(=O)Cc2noc3ccccc23)n1. The monoisotopic (exact) mass is 430 g/mol. The van der Waals surface area contributed by atoms with Gasteiger partial charge in [-0.2, -0.15) is 9.40 Å². The van der Waals surface area contributed by atoms with Gasteiger partial charge in [0.15, 0.2) is 5.58 Å². The third-order valence-electron chi connectivity index (χ3n) is 5.47. The number of fused-ring (bicyclic) bond motifs is 1. The van der Waals surface area contributed by atoms with Crippen molar-refractivity contribution in [2.75, 3.05) is 6.54 Å². The summed E-state index contributed by atoms with van der Waals surface area (Å²) in [6.45, 7) is 6.74. The van der Waals surface area contributed by atoms with E-state index in [1.165, 1.54) is 15.1 Å². The number of hydrogen-bond acceptors (Lipinski definition) is 6. The zero-order valence-electron chi connectivity index (χ0n) is 17.4. The molecule has 4 rings (SSSR count). The predicted molar refractivity (Wildman–Crippen MR) is 114 cm³/mol. The van der Waals surface area contributed by atoms with Crippen molar-refractivity contribution in [3.8, 4) is 0 Å². The minimum absolute atomic E-state index is 0.203. The first-order valence-electron chi connectivity index (χ1n) is 10.1. The second-order valence-corrected chi connectivity index (χ2v) is 10.7. The van der Waals surface area contributed by atoms with E-state index in [0.29, 0.717) is 29.6 Å². The highest BCUT2D eigenvalue weighted by atomic mass is 32.2. The predicted octanol–water partition coefficient (Wildman–Crippen LogP) is 2.68. The summed E-state index contributed by atoms with van der Waals surface area (Å²) in [5.41, 5.74) is 1.33. The van der Waals surface area contributed by atoms with Crippen molar-refractivity contribution in [3.63, 3.8) is 0 Å². The molecule has 0 radical (unpaired) electrons. The van der Waals surface area contributed by atoms with Crippen LogP contribution < -0.4 is 5.56 Å². The highest BCUT2D eigenvalue weighted by molar-refractivity contribution is 7.88. The van der Waals surface area contributed by atoms with Crippen LogP contribution in [0.2, 0.25) is 0 Å². The Labute approximate surface area is 175 Å². The Kier molecular flexibility index (Phi) is 5.27. The van der Waals surface area contributed by atoms with Crippen molar-refractivity contribution in [3.05, 3.63) is 58.1 Å². The summed E-state index contributed by atoms with van der Waals surface area (Å²) in [5, 5.41) is 9.16. The second kappa shape index (κ2) is 7.63. The smallest absolute Gasteiger partial charge is 0.266 e. The van der Waals surface area contributed by atoms with E-state index in [9.17, 15) is 13.2 Å². The summed E-state index contributed by atoms with van der Waals surface area (Å²) in [5.74, 6) is -0.231. The van der Waals surface area contributed by atoms with Gasteiger partial charge in [-0.25, -0.2) is 13.1 Å². The molecule has 0 aliphatic carbocycles. The normalized spacial score (nSPS) is 18.3. The average Bonchev–Trinajstić information content (AvgIpc) is 3.30. The Morgan fingerprint density at radius 1 is 1.17 bits per heavy atom. The van der Waals surface area contributed by atoms with Gasteiger partial charge >= 0.3 is 0 Å². The van der Waals surface area contributed by atoms with Crippen LogP contribution in [0, 0.1) is 0 Å². The summed E-state index contributed by atoms with van der Waals surface area (Å²) in [7, 11) is -3.63. The maximum atomic E-state index is 13.2. The quantitative estimate of drug-likeness (QED) is 0.617. The zero-order chi connectivity index (χ0) is 21.5. The average molecular weight is 431 g/mol. The molecular weight excluding hydrogens is 404 g/mol. The fourth-order valence-corrected chi connectivity index (χ4v) is 5.59. The van der Waals surface area contributed by atoms with Crippen LogP contribution in [-0.2, 0) is 27.7 Å². The van der Waals surface area contributed by atoms with Gasteiger partial charge < -0.3 is 4.52 Å². The molecule has 1 aliphatic heterocycles. The lowest BCUT2D eigenvalue weighted by Gasteiger charge is -2.25. The Balaban J connectivity index is 1.58. The number of sulfonamides is 1. The summed E-state index contributed by atoms with van der Waals surface area (Å²) < 4.78 is 34.5. The van der Waals surface area contributed by atoms with E-state index in [-0.39, 0.29) is 29.3 Å². The van der Waals surface area contributed by atoms with Gasteiger partial charge in [0, 0.05) is 29.5 Å². The van der Waals surface area contributed by atoms with Gasteiger partial charge in [-0.1, -0.05) is 38.1 Å². The third-order valence-corrected chi connectivity index (χ3v) is 7.30. The molecule has 160 valence electrons. The summed E-state index contributed by atoms with van der Waals surface area (Å²) in [4.78, 5) is 12.4. The maximum Gasteiger partial charge on any atom is 0.266 e. The Morgan fingerprint density at radius 3 is 2.70 bits per heavy atom. The van der Waals surface area contributed by atoms with E-state index in [1.54, 1.807) is 18.2 Å². The number of nitrogens with zero attached hydrogens (tertiary/aromatic N) is 4. The highest BCUT2D eigenvalue weighted by Crippen LogP contribution is 2.27. The Morgan fingerprint density at radius 2 is 1.93 bits per heavy atom. The van der Waals surface area contributed by atoms with Gasteiger partial charge in [-0.05, 0) is 31.0 Å². The number of hydrogen-bond donors (Lipinski definition) is 0. The molecule has 0 saturated carbocycles. The van der Waals surface area contributed by atoms with Crippen LogP contribution in [0.4, 0.5) is 0 Å². The molecule has 1 aromatic carbocycles. The van der Waals surface area contributed by atoms with Crippen molar-refractivity contribution in [2.24, 2.45) is 0 Å². The molecule has 1 aliphatic rings. The third kappa shape index (κ3) is 4.04. The molecule has 0 amide bonds. The second-order valence-electron chi connectivity index (χ2n) is 8.78. The molecule has 0 N–H and O–H groups in total. The van der Waals surface area contributed by atoms with Gasteiger partial charge in [0.25, 0.3) is 5.56 Å². The molecule has 3 heterocycles. The molecule has 9 heteroatoms. The van der Waals surface area contributed by atoms with Crippen molar-refractivity contribution in [1.29, 1.82) is 0 Å². The number of aromatic nitrogens is 3. The largest absolute Gasteiger partial charge is 0.356 e. The van der Waals surface area contributed by atoms with E-state index < -0.39 is 10.0 Å².